The van der Waals surface area contributed by atoms with E-state index in [4.69, 9.17) is 10.2 Å². The molecule has 1 aromatic heterocycles. The zero-order valence-electron chi connectivity index (χ0n) is 11.1. The minimum atomic E-state index is -3.45. The molecular formula is C13H15N3O4S. The van der Waals surface area contributed by atoms with Gasteiger partial charge in [0.25, 0.3) is 0 Å². The lowest BCUT2D eigenvalue weighted by Crippen LogP contribution is -2.18. The van der Waals surface area contributed by atoms with Crippen LogP contribution in [0.3, 0.4) is 0 Å². The highest BCUT2D eigenvalue weighted by Crippen LogP contribution is 2.19. The lowest BCUT2D eigenvalue weighted by atomic mass is 10.1. The summed E-state index contributed by atoms with van der Waals surface area (Å²) < 4.78 is 21.6. The van der Waals surface area contributed by atoms with E-state index < -0.39 is 16.0 Å². The summed E-state index contributed by atoms with van der Waals surface area (Å²) in [6, 6.07) is 8.20. The number of nitrogens with two attached hydrogens (primary N) is 1. The van der Waals surface area contributed by atoms with Crippen molar-refractivity contribution in [1.82, 2.24) is 4.98 Å². The Labute approximate surface area is 121 Å². The SMILES string of the molecule is NS(=O)(=O)CCCNc1ccc2c(C(=O)O)cccc2n1. The highest BCUT2D eigenvalue weighted by atomic mass is 32.2. The predicted molar refractivity (Wildman–Crippen MR) is 79.8 cm³/mol. The van der Waals surface area contributed by atoms with E-state index in [2.05, 4.69) is 10.3 Å². The fraction of sp³-hybridized carbons (Fsp3) is 0.231. The van der Waals surface area contributed by atoms with Crippen molar-refractivity contribution < 1.29 is 18.3 Å². The molecule has 0 saturated carbocycles. The molecular weight excluding hydrogens is 294 g/mol. The molecule has 0 aliphatic rings. The third kappa shape index (κ3) is 4.14. The molecule has 0 saturated heterocycles. The number of anilines is 1. The number of benzene rings is 1. The first-order valence-corrected chi connectivity index (χ1v) is 7.96. The van der Waals surface area contributed by atoms with Crippen LogP contribution in [0.5, 0.6) is 0 Å². The van der Waals surface area contributed by atoms with Gasteiger partial charge in [0, 0.05) is 11.9 Å². The summed E-state index contributed by atoms with van der Waals surface area (Å²) in [5, 5.41) is 17.5. The quantitative estimate of drug-likeness (QED) is 0.685. The lowest BCUT2D eigenvalue weighted by Gasteiger charge is -2.07. The first-order chi connectivity index (χ1) is 9.87. The second-order valence-electron chi connectivity index (χ2n) is 4.52. The molecule has 112 valence electrons. The maximum atomic E-state index is 11.1. The molecule has 7 nitrogen and oxygen atoms in total. The molecule has 2 aromatic rings. The number of carboxylic acids is 1. The van der Waals surface area contributed by atoms with Gasteiger partial charge in [0.05, 0.1) is 16.8 Å². The van der Waals surface area contributed by atoms with Crippen LogP contribution >= 0.6 is 0 Å². The number of hydrogen-bond donors (Lipinski definition) is 3. The molecule has 1 heterocycles. The number of primary sulfonamides is 1. The Balaban J connectivity index is 2.11. The number of carbonyl (C=O) groups is 1. The zero-order chi connectivity index (χ0) is 15.5. The van der Waals surface area contributed by atoms with Gasteiger partial charge in [0.1, 0.15) is 5.82 Å². The Morgan fingerprint density at radius 3 is 2.71 bits per heavy atom. The van der Waals surface area contributed by atoms with Crippen molar-refractivity contribution in [3.05, 3.63) is 35.9 Å². The Kier molecular flexibility index (Phi) is 4.39. The van der Waals surface area contributed by atoms with E-state index in [1.807, 2.05) is 0 Å². The fourth-order valence-corrected chi connectivity index (χ4v) is 2.48. The van der Waals surface area contributed by atoms with Gasteiger partial charge < -0.3 is 10.4 Å². The fourth-order valence-electron chi connectivity index (χ4n) is 1.93. The number of nitrogens with zero attached hydrogens (tertiary/aromatic N) is 1. The topological polar surface area (TPSA) is 122 Å². The van der Waals surface area contributed by atoms with Crippen LogP contribution in [0.4, 0.5) is 5.82 Å². The van der Waals surface area contributed by atoms with Crippen LogP contribution in [-0.2, 0) is 10.0 Å². The third-order valence-corrected chi connectivity index (χ3v) is 3.73. The summed E-state index contributed by atoms with van der Waals surface area (Å²) >= 11 is 0. The van der Waals surface area contributed by atoms with Crippen LogP contribution in [0.1, 0.15) is 16.8 Å². The number of aromatic carboxylic acids is 1. The molecule has 0 radical (unpaired) electrons. The molecule has 2 rings (SSSR count). The number of nitrogens with one attached hydrogen (secondary N) is 1. The molecule has 0 aliphatic carbocycles. The zero-order valence-corrected chi connectivity index (χ0v) is 11.9. The summed E-state index contributed by atoms with van der Waals surface area (Å²) in [7, 11) is -3.45. The standard InChI is InChI=1S/C13H15N3O4S/c14-21(19,20)8-2-7-15-12-6-5-9-10(13(17)18)3-1-4-11(9)16-12/h1,3-6H,2,7-8H2,(H,15,16)(H,17,18)(H2,14,19,20). The van der Waals surface area contributed by atoms with Crippen LogP contribution in [0.15, 0.2) is 30.3 Å². The van der Waals surface area contributed by atoms with Crippen molar-refractivity contribution >= 4 is 32.7 Å². The normalized spacial score (nSPS) is 11.5. The van der Waals surface area contributed by atoms with E-state index in [1.165, 1.54) is 6.07 Å². The first-order valence-electron chi connectivity index (χ1n) is 6.24. The molecule has 1 aromatic carbocycles. The summed E-state index contributed by atoms with van der Waals surface area (Å²) in [5.74, 6) is -0.549. The third-order valence-electron chi connectivity index (χ3n) is 2.87. The van der Waals surface area contributed by atoms with Gasteiger partial charge in [0.15, 0.2) is 0 Å². The molecule has 0 unspecified atom stereocenters. The van der Waals surface area contributed by atoms with Crippen molar-refractivity contribution in [2.24, 2.45) is 5.14 Å². The molecule has 0 fully saturated rings. The number of hydrogen-bond acceptors (Lipinski definition) is 5. The molecule has 0 bridgehead atoms. The smallest absolute Gasteiger partial charge is 0.336 e. The molecule has 4 N–H and O–H groups in total. The second-order valence-corrected chi connectivity index (χ2v) is 6.26. The van der Waals surface area contributed by atoms with Crippen LogP contribution in [-0.4, -0.2) is 36.8 Å². The van der Waals surface area contributed by atoms with Crippen LogP contribution in [0, 0.1) is 0 Å². The summed E-state index contributed by atoms with van der Waals surface area (Å²) in [6.07, 6.45) is 0.369. The molecule has 0 spiro atoms. The number of fused-ring (bicyclic) bond motifs is 1. The van der Waals surface area contributed by atoms with E-state index in [0.29, 0.717) is 29.7 Å². The van der Waals surface area contributed by atoms with Crippen molar-refractivity contribution in [1.29, 1.82) is 0 Å². The average Bonchev–Trinajstić information content (AvgIpc) is 2.41. The van der Waals surface area contributed by atoms with Crippen LogP contribution < -0.4 is 10.5 Å². The van der Waals surface area contributed by atoms with E-state index in [9.17, 15) is 13.2 Å². The van der Waals surface area contributed by atoms with Gasteiger partial charge in [-0.15, -0.1) is 0 Å². The van der Waals surface area contributed by atoms with Gasteiger partial charge in [-0.25, -0.2) is 23.3 Å². The minimum Gasteiger partial charge on any atom is -0.478 e. The number of rotatable bonds is 6. The van der Waals surface area contributed by atoms with Crippen molar-refractivity contribution in [3.63, 3.8) is 0 Å². The Morgan fingerprint density at radius 2 is 2.05 bits per heavy atom. The second kappa shape index (κ2) is 6.06. The monoisotopic (exact) mass is 309 g/mol. The molecule has 0 aliphatic heterocycles. The largest absolute Gasteiger partial charge is 0.478 e. The van der Waals surface area contributed by atoms with E-state index in [1.54, 1.807) is 24.3 Å². The first kappa shape index (κ1) is 15.2. The molecule has 0 amide bonds. The number of pyridine rings is 1. The summed E-state index contributed by atoms with van der Waals surface area (Å²) in [5.41, 5.74) is 0.757. The predicted octanol–water partition coefficient (Wildman–Crippen LogP) is 1.02. The van der Waals surface area contributed by atoms with Crippen molar-refractivity contribution in [3.8, 4) is 0 Å². The Bertz CT molecular complexity index is 774. The van der Waals surface area contributed by atoms with Crippen LogP contribution in [0.25, 0.3) is 10.9 Å². The number of sulfonamides is 1. The molecule has 8 heteroatoms. The van der Waals surface area contributed by atoms with Gasteiger partial charge >= 0.3 is 5.97 Å². The highest BCUT2D eigenvalue weighted by Gasteiger charge is 2.09. The van der Waals surface area contributed by atoms with Gasteiger partial charge in [-0.3, -0.25) is 0 Å². The number of aromatic nitrogens is 1. The van der Waals surface area contributed by atoms with E-state index in [0.717, 1.165) is 0 Å². The average molecular weight is 309 g/mol. The summed E-state index contributed by atoms with van der Waals surface area (Å²) in [6.45, 7) is 0.410. The van der Waals surface area contributed by atoms with Gasteiger partial charge in [0.2, 0.25) is 10.0 Å². The Morgan fingerprint density at radius 1 is 1.29 bits per heavy atom. The van der Waals surface area contributed by atoms with Gasteiger partial charge in [-0.05, 0) is 30.7 Å². The Hall–Kier alpha value is -2.19. The molecule has 0 atom stereocenters. The van der Waals surface area contributed by atoms with E-state index in [-0.39, 0.29) is 11.3 Å². The minimum absolute atomic E-state index is 0.100. The lowest BCUT2D eigenvalue weighted by molar-refractivity contribution is 0.0699. The van der Waals surface area contributed by atoms with Crippen molar-refractivity contribution in [2.75, 3.05) is 17.6 Å². The van der Waals surface area contributed by atoms with Crippen molar-refractivity contribution in [2.45, 2.75) is 6.42 Å². The van der Waals surface area contributed by atoms with E-state index >= 15 is 0 Å². The molecule has 21 heavy (non-hydrogen) atoms. The maximum absolute atomic E-state index is 11.1. The maximum Gasteiger partial charge on any atom is 0.336 e. The van der Waals surface area contributed by atoms with Gasteiger partial charge in [-0.1, -0.05) is 6.07 Å². The van der Waals surface area contributed by atoms with Gasteiger partial charge in [-0.2, -0.15) is 0 Å². The summed E-state index contributed by atoms with van der Waals surface area (Å²) in [4.78, 5) is 15.4. The highest BCUT2D eigenvalue weighted by molar-refractivity contribution is 7.89. The number of carboxylic acid groups (broad SMARTS) is 1. The van der Waals surface area contributed by atoms with Crippen LogP contribution in [0.2, 0.25) is 0 Å².